The highest BCUT2D eigenvalue weighted by molar-refractivity contribution is 6.20. The van der Waals surface area contributed by atoms with Crippen LogP contribution in [0.1, 0.15) is 29.4 Å². The zero-order valence-electron chi connectivity index (χ0n) is 11.4. The Morgan fingerprint density at radius 3 is 2.80 bits per heavy atom. The average molecular weight is 287 g/mol. The molecular weight excluding hydrogens is 272 g/mol. The maximum absolute atomic E-state index is 6.25. The van der Waals surface area contributed by atoms with Gasteiger partial charge in [0.05, 0.1) is 23.6 Å². The summed E-state index contributed by atoms with van der Waals surface area (Å²) in [7, 11) is 0. The summed E-state index contributed by atoms with van der Waals surface area (Å²) in [6, 6.07) is 6.06. The summed E-state index contributed by atoms with van der Waals surface area (Å²) in [6.07, 6.45) is 5.43. The molecule has 4 nitrogen and oxygen atoms in total. The third-order valence-corrected chi connectivity index (χ3v) is 3.44. The van der Waals surface area contributed by atoms with E-state index in [0.29, 0.717) is 6.54 Å². The molecule has 0 aliphatic heterocycles. The molecule has 3 heterocycles. The minimum Gasteiger partial charge on any atom is -0.322 e. The molecule has 0 radical (unpaired) electrons. The molecule has 3 aromatic heterocycles. The van der Waals surface area contributed by atoms with Crippen molar-refractivity contribution >= 4 is 22.6 Å². The highest BCUT2D eigenvalue weighted by Crippen LogP contribution is 2.24. The zero-order chi connectivity index (χ0) is 14.1. The molecule has 102 valence electrons. The van der Waals surface area contributed by atoms with E-state index in [4.69, 9.17) is 11.6 Å². The van der Waals surface area contributed by atoms with Gasteiger partial charge in [0, 0.05) is 18.1 Å². The number of fused-ring (bicyclic) bond motifs is 1. The molecule has 0 amide bonds. The van der Waals surface area contributed by atoms with Gasteiger partial charge in [0.25, 0.3) is 0 Å². The lowest BCUT2D eigenvalue weighted by molar-refractivity contribution is 0.740. The van der Waals surface area contributed by atoms with Crippen LogP contribution in [-0.2, 0) is 6.54 Å². The van der Waals surface area contributed by atoms with Crippen LogP contribution in [0.25, 0.3) is 11.0 Å². The normalized spacial score (nSPS) is 12.8. The smallest absolute Gasteiger partial charge is 0.128 e. The van der Waals surface area contributed by atoms with Crippen molar-refractivity contribution in [1.29, 1.82) is 0 Å². The minimum absolute atomic E-state index is 0.152. The molecule has 3 aromatic rings. The van der Waals surface area contributed by atoms with Crippen LogP contribution < -0.4 is 0 Å². The summed E-state index contributed by atoms with van der Waals surface area (Å²) in [5.74, 6) is 0.857. The molecule has 1 atom stereocenters. The van der Waals surface area contributed by atoms with Crippen LogP contribution in [0.4, 0.5) is 0 Å². The van der Waals surface area contributed by atoms with Gasteiger partial charge in [0.1, 0.15) is 11.3 Å². The molecule has 0 saturated carbocycles. The minimum atomic E-state index is -0.152. The molecule has 5 heteroatoms. The largest absolute Gasteiger partial charge is 0.322 e. The van der Waals surface area contributed by atoms with E-state index in [2.05, 4.69) is 25.6 Å². The fourth-order valence-electron chi connectivity index (χ4n) is 2.24. The van der Waals surface area contributed by atoms with Crippen molar-refractivity contribution in [2.45, 2.75) is 25.8 Å². The Labute approximate surface area is 122 Å². The molecule has 1 unspecified atom stereocenters. The number of pyridine rings is 2. The van der Waals surface area contributed by atoms with E-state index in [1.165, 1.54) is 0 Å². The fourth-order valence-corrected chi connectivity index (χ4v) is 2.41. The number of aryl methyl sites for hydroxylation is 1. The van der Waals surface area contributed by atoms with Gasteiger partial charge in [0.2, 0.25) is 0 Å². The summed E-state index contributed by atoms with van der Waals surface area (Å²) >= 11 is 6.25. The van der Waals surface area contributed by atoms with E-state index in [-0.39, 0.29) is 5.38 Å². The number of hydrogen-bond acceptors (Lipinski definition) is 3. The summed E-state index contributed by atoms with van der Waals surface area (Å²) in [5.41, 5.74) is 4.06. The average Bonchev–Trinajstić information content (AvgIpc) is 2.81. The molecule has 0 spiro atoms. The molecule has 0 aromatic carbocycles. The highest BCUT2D eigenvalue weighted by Gasteiger charge is 2.15. The van der Waals surface area contributed by atoms with E-state index in [1.807, 2.05) is 32.2 Å². The van der Waals surface area contributed by atoms with Crippen molar-refractivity contribution in [2.24, 2.45) is 0 Å². The van der Waals surface area contributed by atoms with Crippen molar-refractivity contribution in [2.75, 3.05) is 0 Å². The van der Waals surface area contributed by atoms with Crippen LogP contribution in [0.3, 0.4) is 0 Å². The molecule has 0 aliphatic carbocycles. The lowest BCUT2D eigenvalue weighted by atomic mass is 10.2. The fraction of sp³-hybridized carbons (Fsp3) is 0.267. The van der Waals surface area contributed by atoms with Gasteiger partial charge in [-0.1, -0.05) is 6.07 Å². The number of alkyl halides is 1. The molecule has 0 bridgehead atoms. The molecular formula is C15H15ClN4. The van der Waals surface area contributed by atoms with Gasteiger partial charge >= 0.3 is 0 Å². The quantitative estimate of drug-likeness (QED) is 0.692. The monoisotopic (exact) mass is 286 g/mol. The number of aromatic nitrogens is 4. The lowest BCUT2D eigenvalue weighted by Gasteiger charge is -2.10. The number of imidazole rings is 1. The number of nitrogens with zero attached hydrogens (tertiary/aromatic N) is 4. The van der Waals surface area contributed by atoms with E-state index in [1.54, 1.807) is 12.4 Å². The van der Waals surface area contributed by atoms with Gasteiger partial charge in [-0.3, -0.25) is 9.97 Å². The Bertz CT molecular complexity index is 731. The van der Waals surface area contributed by atoms with Crippen LogP contribution in [-0.4, -0.2) is 19.5 Å². The van der Waals surface area contributed by atoms with Gasteiger partial charge in [-0.2, -0.15) is 0 Å². The van der Waals surface area contributed by atoms with Gasteiger partial charge in [0.15, 0.2) is 0 Å². The third kappa shape index (κ3) is 2.39. The molecule has 0 fully saturated rings. The SMILES string of the molecule is Cc1ccc(Cn2c(C(C)Cl)nc3cnccc32)cn1. The van der Waals surface area contributed by atoms with Crippen LogP contribution in [0.5, 0.6) is 0 Å². The van der Waals surface area contributed by atoms with Gasteiger partial charge in [-0.25, -0.2) is 4.98 Å². The first-order valence-corrected chi connectivity index (χ1v) is 6.94. The second kappa shape index (κ2) is 5.21. The molecule has 20 heavy (non-hydrogen) atoms. The second-order valence-electron chi connectivity index (χ2n) is 4.84. The third-order valence-electron chi connectivity index (χ3n) is 3.25. The number of halogens is 1. The van der Waals surface area contributed by atoms with Gasteiger partial charge in [-0.15, -0.1) is 11.6 Å². The number of hydrogen-bond donors (Lipinski definition) is 0. The van der Waals surface area contributed by atoms with Crippen molar-refractivity contribution in [3.8, 4) is 0 Å². The van der Waals surface area contributed by atoms with Crippen LogP contribution in [0.15, 0.2) is 36.8 Å². The predicted molar refractivity (Wildman–Crippen MR) is 79.9 cm³/mol. The van der Waals surface area contributed by atoms with Crippen molar-refractivity contribution in [3.63, 3.8) is 0 Å². The summed E-state index contributed by atoms with van der Waals surface area (Å²) in [4.78, 5) is 13.0. The maximum Gasteiger partial charge on any atom is 0.128 e. The Morgan fingerprint density at radius 2 is 2.10 bits per heavy atom. The first kappa shape index (κ1) is 13.1. The van der Waals surface area contributed by atoms with Crippen LogP contribution >= 0.6 is 11.6 Å². The Kier molecular flexibility index (Phi) is 3.40. The lowest BCUT2D eigenvalue weighted by Crippen LogP contribution is -2.06. The molecule has 0 aliphatic rings. The second-order valence-corrected chi connectivity index (χ2v) is 5.50. The van der Waals surface area contributed by atoms with Crippen LogP contribution in [0.2, 0.25) is 0 Å². The van der Waals surface area contributed by atoms with Crippen molar-refractivity contribution in [1.82, 2.24) is 19.5 Å². The predicted octanol–water partition coefficient (Wildman–Crippen LogP) is 3.48. The van der Waals surface area contributed by atoms with Crippen LogP contribution in [0, 0.1) is 6.92 Å². The Morgan fingerprint density at radius 1 is 1.25 bits per heavy atom. The maximum atomic E-state index is 6.25. The van der Waals surface area contributed by atoms with Gasteiger partial charge in [-0.05, 0) is 31.5 Å². The van der Waals surface area contributed by atoms with Crippen molar-refractivity contribution in [3.05, 3.63) is 53.9 Å². The van der Waals surface area contributed by atoms with E-state index < -0.39 is 0 Å². The molecule has 0 N–H and O–H groups in total. The zero-order valence-corrected chi connectivity index (χ0v) is 12.2. The van der Waals surface area contributed by atoms with Crippen molar-refractivity contribution < 1.29 is 0 Å². The van der Waals surface area contributed by atoms with E-state index >= 15 is 0 Å². The van der Waals surface area contributed by atoms with E-state index in [9.17, 15) is 0 Å². The topological polar surface area (TPSA) is 43.6 Å². The Hall–Kier alpha value is -1.94. The van der Waals surface area contributed by atoms with Gasteiger partial charge < -0.3 is 4.57 Å². The standard InChI is InChI=1S/C15H15ClN4/c1-10-3-4-12(7-18-10)9-20-14-5-6-17-8-13(14)19-15(20)11(2)16/h3-8,11H,9H2,1-2H3. The van der Waals surface area contributed by atoms with E-state index in [0.717, 1.165) is 28.1 Å². The first-order chi connectivity index (χ1) is 9.65. The molecule has 0 saturated heterocycles. The highest BCUT2D eigenvalue weighted by atomic mass is 35.5. The number of rotatable bonds is 3. The summed E-state index contributed by atoms with van der Waals surface area (Å²) in [5, 5.41) is -0.152. The first-order valence-electron chi connectivity index (χ1n) is 6.51. The summed E-state index contributed by atoms with van der Waals surface area (Å²) < 4.78 is 2.13. The molecule has 3 rings (SSSR count). The Balaban J connectivity index is 2.09. The summed E-state index contributed by atoms with van der Waals surface area (Å²) in [6.45, 7) is 4.62.